The number of halogens is 3. The molecule has 0 aliphatic carbocycles. The lowest BCUT2D eigenvalue weighted by atomic mass is 9.89. The molecule has 158 valence electrons. The lowest BCUT2D eigenvalue weighted by molar-refractivity contribution is -0.138. The van der Waals surface area contributed by atoms with Crippen LogP contribution < -0.4 is 10.6 Å². The summed E-state index contributed by atoms with van der Waals surface area (Å²) in [6.07, 6.45) is 0.106. The first-order chi connectivity index (χ1) is 14.4. The quantitative estimate of drug-likeness (QED) is 0.611. The minimum absolute atomic E-state index is 0.281. The van der Waals surface area contributed by atoms with Crippen LogP contribution in [0.4, 0.5) is 19.0 Å². The van der Waals surface area contributed by atoms with Gasteiger partial charge in [-0.3, -0.25) is 0 Å². The van der Waals surface area contributed by atoms with E-state index in [-0.39, 0.29) is 5.56 Å². The van der Waals surface area contributed by atoms with Crippen molar-refractivity contribution in [1.29, 1.82) is 0 Å². The van der Waals surface area contributed by atoms with Gasteiger partial charge in [-0.15, -0.1) is 5.10 Å². The average molecular weight is 414 g/mol. The molecule has 1 saturated heterocycles. The number of alkyl halides is 3. The Morgan fingerprint density at radius 3 is 2.70 bits per heavy atom. The molecular weight excluding hydrogens is 389 g/mol. The highest BCUT2D eigenvalue weighted by Gasteiger charge is 2.32. The van der Waals surface area contributed by atoms with Crippen LogP contribution in [0.2, 0.25) is 0 Å². The van der Waals surface area contributed by atoms with Gasteiger partial charge in [-0.2, -0.15) is 18.3 Å². The van der Waals surface area contributed by atoms with Crippen molar-refractivity contribution in [3.8, 4) is 0 Å². The molecular formula is C23H25F3N4. The molecule has 3 aromatic rings. The van der Waals surface area contributed by atoms with Crippen molar-refractivity contribution in [2.75, 3.05) is 25.0 Å². The van der Waals surface area contributed by atoms with Crippen LogP contribution in [-0.2, 0) is 12.6 Å². The van der Waals surface area contributed by atoms with Gasteiger partial charge in [-0.25, -0.2) is 0 Å². The van der Waals surface area contributed by atoms with Crippen LogP contribution >= 0.6 is 0 Å². The predicted octanol–water partition coefficient (Wildman–Crippen LogP) is 5.08. The molecule has 0 spiro atoms. The summed E-state index contributed by atoms with van der Waals surface area (Å²) in [7, 11) is 0. The zero-order valence-electron chi connectivity index (χ0n) is 16.9. The summed E-state index contributed by atoms with van der Waals surface area (Å²) in [5.74, 6) is 1.21. The standard InChI is InChI=1S/C23H25F3N4/c1-15-16(3-2-4-21(15)23(24,25)26)9-12-28-22-20-13-18(17-7-10-27-11-8-17)5-6-19(20)14-29-30-22/h2-6,13-14,17,27H,7-12H2,1H3,(H,28,30). The van der Waals surface area contributed by atoms with E-state index in [0.717, 1.165) is 42.8 Å². The fraction of sp³-hybridized carbons (Fsp3) is 0.391. The van der Waals surface area contributed by atoms with Crippen molar-refractivity contribution in [2.45, 2.75) is 38.3 Å². The summed E-state index contributed by atoms with van der Waals surface area (Å²) < 4.78 is 39.4. The van der Waals surface area contributed by atoms with Gasteiger partial charge in [0, 0.05) is 17.3 Å². The third kappa shape index (κ3) is 4.41. The Balaban J connectivity index is 1.52. The molecule has 7 heteroatoms. The average Bonchev–Trinajstić information content (AvgIpc) is 2.74. The number of fused-ring (bicyclic) bond motifs is 1. The monoisotopic (exact) mass is 414 g/mol. The van der Waals surface area contributed by atoms with Gasteiger partial charge >= 0.3 is 6.18 Å². The number of rotatable bonds is 5. The number of nitrogens with zero attached hydrogens (tertiary/aromatic N) is 2. The summed E-state index contributed by atoms with van der Waals surface area (Å²) in [6, 6.07) is 10.8. The molecule has 0 saturated carbocycles. The highest BCUT2D eigenvalue weighted by atomic mass is 19.4. The lowest BCUT2D eigenvalue weighted by Crippen LogP contribution is -2.26. The van der Waals surface area contributed by atoms with Crippen molar-refractivity contribution in [3.63, 3.8) is 0 Å². The van der Waals surface area contributed by atoms with Gasteiger partial charge in [-0.05, 0) is 74.0 Å². The Morgan fingerprint density at radius 2 is 1.93 bits per heavy atom. The predicted molar refractivity (Wildman–Crippen MR) is 113 cm³/mol. The largest absolute Gasteiger partial charge is 0.416 e. The number of nitrogens with one attached hydrogen (secondary N) is 2. The van der Waals surface area contributed by atoms with Crippen LogP contribution in [0.25, 0.3) is 10.8 Å². The van der Waals surface area contributed by atoms with Crippen LogP contribution in [-0.4, -0.2) is 29.8 Å². The lowest BCUT2D eigenvalue weighted by Gasteiger charge is -2.23. The van der Waals surface area contributed by atoms with Gasteiger partial charge in [-0.1, -0.05) is 24.3 Å². The molecule has 0 atom stereocenters. The van der Waals surface area contributed by atoms with Crippen molar-refractivity contribution >= 4 is 16.6 Å². The molecule has 2 heterocycles. The fourth-order valence-corrected chi connectivity index (χ4v) is 4.21. The van der Waals surface area contributed by atoms with E-state index in [1.165, 1.54) is 18.6 Å². The molecule has 1 aliphatic heterocycles. The molecule has 0 unspecified atom stereocenters. The highest BCUT2D eigenvalue weighted by molar-refractivity contribution is 5.91. The SMILES string of the molecule is Cc1c(CCNc2nncc3ccc(C4CCNCC4)cc23)cccc1C(F)(F)F. The van der Waals surface area contributed by atoms with Crippen LogP contribution in [0.15, 0.2) is 42.6 Å². The number of piperidine rings is 1. The van der Waals surface area contributed by atoms with Crippen molar-refractivity contribution in [1.82, 2.24) is 15.5 Å². The molecule has 2 aromatic carbocycles. The maximum Gasteiger partial charge on any atom is 0.416 e. The van der Waals surface area contributed by atoms with Crippen LogP contribution in [0.3, 0.4) is 0 Å². The number of benzene rings is 2. The first-order valence-corrected chi connectivity index (χ1v) is 10.3. The Kier molecular flexibility index (Phi) is 5.90. The van der Waals surface area contributed by atoms with Crippen LogP contribution in [0, 0.1) is 6.92 Å². The second-order valence-corrected chi connectivity index (χ2v) is 7.83. The summed E-state index contributed by atoms with van der Waals surface area (Å²) in [6.45, 7) is 4.06. The molecule has 0 amide bonds. The van der Waals surface area contributed by atoms with E-state index in [1.54, 1.807) is 12.3 Å². The Hall–Kier alpha value is -2.67. The van der Waals surface area contributed by atoms with Crippen molar-refractivity contribution in [3.05, 3.63) is 64.8 Å². The molecule has 30 heavy (non-hydrogen) atoms. The van der Waals surface area contributed by atoms with Gasteiger partial charge in [0.05, 0.1) is 11.8 Å². The van der Waals surface area contributed by atoms with E-state index in [2.05, 4.69) is 39.0 Å². The van der Waals surface area contributed by atoms with Crippen LogP contribution in [0.5, 0.6) is 0 Å². The summed E-state index contributed by atoms with van der Waals surface area (Å²) in [5, 5.41) is 17.0. The minimum atomic E-state index is -4.33. The first-order valence-electron chi connectivity index (χ1n) is 10.3. The third-order valence-electron chi connectivity index (χ3n) is 5.94. The normalized spacial score (nSPS) is 15.5. The molecule has 1 aromatic heterocycles. The van der Waals surface area contributed by atoms with Crippen molar-refractivity contribution < 1.29 is 13.2 Å². The van der Waals surface area contributed by atoms with E-state index in [0.29, 0.717) is 30.3 Å². The zero-order chi connectivity index (χ0) is 21.1. The number of hydrogen-bond donors (Lipinski definition) is 2. The molecule has 0 bridgehead atoms. The van der Waals surface area contributed by atoms with E-state index in [9.17, 15) is 13.2 Å². The minimum Gasteiger partial charge on any atom is -0.368 e. The second kappa shape index (κ2) is 8.60. The third-order valence-corrected chi connectivity index (χ3v) is 5.94. The number of aromatic nitrogens is 2. The van der Waals surface area contributed by atoms with Gasteiger partial charge in [0.1, 0.15) is 0 Å². The molecule has 1 fully saturated rings. The topological polar surface area (TPSA) is 49.8 Å². The summed E-state index contributed by atoms with van der Waals surface area (Å²) in [4.78, 5) is 0. The fourth-order valence-electron chi connectivity index (χ4n) is 4.21. The van der Waals surface area contributed by atoms with E-state index >= 15 is 0 Å². The number of hydrogen-bond acceptors (Lipinski definition) is 4. The molecule has 0 radical (unpaired) electrons. The van der Waals surface area contributed by atoms with E-state index in [4.69, 9.17) is 0 Å². The molecule has 4 rings (SSSR count). The molecule has 1 aliphatic rings. The maximum atomic E-state index is 13.1. The highest BCUT2D eigenvalue weighted by Crippen LogP contribution is 2.33. The molecule has 4 nitrogen and oxygen atoms in total. The zero-order valence-corrected chi connectivity index (χ0v) is 16.9. The van der Waals surface area contributed by atoms with Crippen LogP contribution in [0.1, 0.15) is 41.0 Å². The summed E-state index contributed by atoms with van der Waals surface area (Å²) in [5.41, 5.74) is 1.69. The van der Waals surface area contributed by atoms with Crippen molar-refractivity contribution in [2.24, 2.45) is 0 Å². The summed E-state index contributed by atoms with van der Waals surface area (Å²) >= 11 is 0. The van der Waals surface area contributed by atoms with Gasteiger partial charge in [0.25, 0.3) is 0 Å². The van der Waals surface area contributed by atoms with Gasteiger partial charge < -0.3 is 10.6 Å². The van der Waals surface area contributed by atoms with E-state index < -0.39 is 11.7 Å². The van der Waals surface area contributed by atoms with Gasteiger partial charge in [0.15, 0.2) is 5.82 Å². The Morgan fingerprint density at radius 1 is 1.13 bits per heavy atom. The smallest absolute Gasteiger partial charge is 0.368 e. The Bertz CT molecular complexity index is 1030. The maximum absolute atomic E-state index is 13.1. The first kappa shape index (κ1) is 20.6. The second-order valence-electron chi connectivity index (χ2n) is 7.83. The number of anilines is 1. The molecule has 2 N–H and O–H groups in total. The Labute approximate surface area is 173 Å². The van der Waals surface area contributed by atoms with Gasteiger partial charge in [0.2, 0.25) is 0 Å². The van der Waals surface area contributed by atoms with E-state index in [1.807, 2.05) is 0 Å².